The van der Waals surface area contributed by atoms with Crippen molar-refractivity contribution in [3.8, 4) is 0 Å². The summed E-state index contributed by atoms with van der Waals surface area (Å²) in [6.45, 7) is 4.49. The van der Waals surface area contributed by atoms with E-state index in [0.717, 1.165) is 23.1 Å². The van der Waals surface area contributed by atoms with Gasteiger partial charge in [-0.1, -0.05) is 26.0 Å². The Balaban J connectivity index is 2.03. The first-order chi connectivity index (χ1) is 8.60. The number of aromatic nitrogens is 2. The van der Waals surface area contributed by atoms with Gasteiger partial charge in [0.25, 0.3) is 0 Å². The molecule has 4 N–H and O–H groups in total. The first kappa shape index (κ1) is 11.2. The fourth-order valence-electron chi connectivity index (χ4n) is 2.13. The van der Waals surface area contributed by atoms with Crippen LogP contribution in [0.1, 0.15) is 20.3 Å². The predicted octanol–water partition coefficient (Wildman–Crippen LogP) is 2.13. The van der Waals surface area contributed by atoms with Gasteiger partial charge in [0, 0.05) is 11.4 Å². The number of hydrogen-bond donors (Lipinski definition) is 3. The minimum absolute atomic E-state index is 0.350. The monoisotopic (exact) mass is 243 g/mol. The second-order valence-corrected chi connectivity index (χ2v) is 5.45. The van der Waals surface area contributed by atoms with Gasteiger partial charge in [0.1, 0.15) is 5.82 Å². The maximum absolute atomic E-state index is 5.41. The molecule has 5 nitrogen and oxygen atoms in total. The second-order valence-electron chi connectivity index (χ2n) is 5.45. The summed E-state index contributed by atoms with van der Waals surface area (Å²) in [5.41, 5.74) is 3.75. The molecule has 1 aliphatic rings. The Kier molecular flexibility index (Phi) is 2.38. The number of nitrogens with one attached hydrogen (secondary N) is 2. The zero-order chi connectivity index (χ0) is 12.8. The SMILES string of the molecule is CC1(C)CC1Nc1nc(NN)nc2ccccc12. The lowest BCUT2D eigenvalue weighted by Crippen LogP contribution is -2.14. The van der Waals surface area contributed by atoms with Crippen molar-refractivity contribution in [1.29, 1.82) is 0 Å². The average molecular weight is 243 g/mol. The number of para-hydroxylation sites is 1. The number of fused-ring (bicyclic) bond motifs is 1. The summed E-state index contributed by atoms with van der Waals surface area (Å²) in [4.78, 5) is 8.74. The summed E-state index contributed by atoms with van der Waals surface area (Å²) in [5.74, 6) is 6.70. The Hall–Kier alpha value is -1.88. The van der Waals surface area contributed by atoms with Crippen LogP contribution in [0.25, 0.3) is 10.9 Å². The van der Waals surface area contributed by atoms with Crippen molar-refractivity contribution in [1.82, 2.24) is 9.97 Å². The van der Waals surface area contributed by atoms with Gasteiger partial charge < -0.3 is 5.32 Å². The Morgan fingerprint density at radius 1 is 1.28 bits per heavy atom. The molecular formula is C13H17N5. The second kappa shape index (κ2) is 3.81. The van der Waals surface area contributed by atoms with Crippen LogP contribution in [0.5, 0.6) is 0 Å². The standard InChI is InChI=1S/C13H17N5/c1-13(2)7-10(13)16-11-8-5-3-4-6-9(8)15-12(17-11)18-14/h3-6,10H,7,14H2,1-2H3,(H2,15,16,17,18). The van der Waals surface area contributed by atoms with E-state index < -0.39 is 0 Å². The summed E-state index contributed by atoms with van der Waals surface area (Å²) >= 11 is 0. The van der Waals surface area contributed by atoms with Crippen molar-refractivity contribution in [2.75, 3.05) is 10.7 Å². The molecule has 0 amide bonds. The summed E-state index contributed by atoms with van der Waals surface area (Å²) in [6, 6.07) is 8.40. The fraction of sp³-hybridized carbons (Fsp3) is 0.385. The van der Waals surface area contributed by atoms with Crippen LogP contribution in [0, 0.1) is 5.41 Å². The summed E-state index contributed by atoms with van der Waals surface area (Å²) in [6.07, 6.45) is 1.16. The van der Waals surface area contributed by atoms with Gasteiger partial charge >= 0.3 is 0 Å². The van der Waals surface area contributed by atoms with Crippen molar-refractivity contribution < 1.29 is 0 Å². The van der Waals surface area contributed by atoms with Crippen LogP contribution in [0.2, 0.25) is 0 Å². The lowest BCUT2D eigenvalue weighted by Gasteiger charge is -2.11. The normalized spacial score (nSPS) is 20.7. The van der Waals surface area contributed by atoms with Crippen molar-refractivity contribution >= 4 is 22.7 Å². The molecular weight excluding hydrogens is 226 g/mol. The van der Waals surface area contributed by atoms with Gasteiger partial charge in [0.2, 0.25) is 5.95 Å². The number of nitrogens with two attached hydrogens (primary N) is 1. The highest BCUT2D eigenvalue weighted by atomic mass is 15.3. The first-order valence-corrected chi connectivity index (χ1v) is 6.10. The van der Waals surface area contributed by atoms with E-state index in [1.807, 2.05) is 24.3 Å². The van der Waals surface area contributed by atoms with Gasteiger partial charge in [-0.3, -0.25) is 5.43 Å². The maximum atomic E-state index is 5.41. The smallest absolute Gasteiger partial charge is 0.239 e. The van der Waals surface area contributed by atoms with Crippen molar-refractivity contribution in [3.63, 3.8) is 0 Å². The number of rotatable bonds is 3. The molecule has 1 heterocycles. The van der Waals surface area contributed by atoms with Gasteiger partial charge in [-0.05, 0) is 24.0 Å². The number of benzene rings is 1. The predicted molar refractivity (Wildman–Crippen MR) is 73.2 cm³/mol. The molecule has 0 aliphatic heterocycles. The van der Waals surface area contributed by atoms with Gasteiger partial charge in [0.15, 0.2) is 0 Å². The molecule has 5 heteroatoms. The van der Waals surface area contributed by atoms with Crippen LogP contribution in [0.4, 0.5) is 11.8 Å². The molecule has 18 heavy (non-hydrogen) atoms. The minimum Gasteiger partial charge on any atom is -0.366 e. The van der Waals surface area contributed by atoms with Crippen molar-refractivity contribution in [2.45, 2.75) is 26.3 Å². The van der Waals surface area contributed by atoms with Crippen LogP contribution in [-0.2, 0) is 0 Å². The van der Waals surface area contributed by atoms with E-state index in [-0.39, 0.29) is 0 Å². The molecule has 1 fully saturated rings. The molecule has 1 aliphatic carbocycles. The highest BCUT2D eigenvalue weighted by Crippen LogP contribution is 2.46. The van der Waals surface area contributed by atoms with E-state index >= 15 is 0 Å². The molecule has 1 aromatic carbocycles. The van der Waals surface area contributed by atoms with E-state index in [2.05, 4.69) is 34.6 Å². The van der Waals surface area contributed by atoms with E-state index in [1.54, 1.807) is 0 Å². The Morgan fingerprint density at radius 2 is 2.00 bits per heavy atom. The van der Waals surface area contributed by atoms with E-state index in [0.29, 0.717) is 17.4 Å². The van der Waals surface area contributed by atoms with Gasteiger partial charge in [-0.25, -0.2) is 10.8 Å². The number of anilines is 2. The largest absolute Gasteiger partial charge is 0.366 e. The molecule has 1 saturated carbocycles. The van der Waals surface area contributed by atoms with Crippen LogP contribution in [0.3, 0.4) is 0 Å². The average Bonchev–Trinajstić information content (AvgIpc) is 2.96. The molecule has 1 aromatic heterocycles. The van der Waals surface area contributed by atoms with Gasteiger partial charge in [-0.2, -0.15) is 4.98 Å². The zero-order valence-corrected chi connectivity index (χ0v) is 10.6. The summed E-state index contributed by atoms with van der Waals surface area (Å²) in [5, 5.41) is 4.50. The van der Waals surface area contributed by atoms with E-state index in [1.165, 1.54) is 0 Å². The Morgan fingerprint density at radius 3 is 2.67 bits per heavy atom. The van der Waals surface area contributed by atoms with E-state index in [4.69, 9.17) is 5.84 Å². The van der Waals surface area contributed by atoms with Crippen LogP contribution < -0.4 is 16.6 Å². The molecule has 2 aromatic rings. The first-order valence-electron chi connectivity index (χ1n) is 6.10. The molecule has 3 rings (SSSR count). The van der Waals surface area contributed by atoms with Crippen LogP contribution >= 0.6 is 0 Å². The third kappa shape index (κ3) is 1.86. The minimum atomic E-state index is 0.350. The van der Waals surface area contributed by atoms with Crippen LogP contribution in [-0.4, -0.2) is 16.0 Å². The fourth-order valence-corrected chi connectivity index (χ4v) is 2.13. The van der Waals surface area contributed by atoms with E-state index in [9.17, 15) is 0 Å². The van der Waals surface area contributed by atoms with Crippen molar-refractivity contribution in [2.24, 2.45) is 11.3 Å². The number of nitrogens with zero attached hydrogens (tertiary/aromatic N) is 2. The molecule has 0 saturated heterocycles. The van der Waals surface area contributed by atoms with Crippen molar-refractivity contribution in [3.05, 3.63) is 24.3 Å². The summed E-state index contributed by atoms with van der Waals surface area (Å²) < 4.78 is 0. The maximum Gasteiger partial charge on any atom is 0.239 e. The van der Waals surface area contributed by atoms with Crippen LogP contribution in [0.15, 0.2) is 24.3 Å². The molecule has 1 atom stereocenters. The number of hydrogen-bond acceptors (Lipinski definition) is 5. The molecule has 1 unspecified atom stereocenters. The Labute approximate surface area is 106 Å². The number of hydrazine groups is 1. The topological polar surface area (TPSA) is 75.9 Å². The molecule has 0 bridgehead atoms. The molecule has 0 radical (unpaired) electrons. The highest BCUT2D eigenvalue weighted by molar-refractivity contribution is 5.90. The lowest BCUT2D eigenvalue weighted by molar-refractivity contribution is 0.630. The van der Waals surface area contributed by atoms with Gasteiger partial charge in [0.05, 0.1) is 5.52 Å². The zero-order valence-electron chi connectivity index (χ0n) is 10.6. The number of nitrogen functional groups attached to an aromatic ring is 1. The third-order valence-electron chi connectivity index (χ3n) is 3.56. The highest BCUT2D eigenvalue weighted by Gasteiger charge is 2.46. The third-order valence-corrected chi connectivity index (χ3v) is 3.56. The molecule has 0 spiro atoms. The Bertz CT molecular complexity index is 593. The van der Waals surface area contributed by atoms with Gasteiger partial charge in [-0.15, -0.1) is 0 Å². The quantitative estimate of drug-likeness (QED) is 0.568. The molecule has 94 valence electrons. The lowest BCUT2D eigenvalue weighted by atomic mass is 10.2. The summed E-state index contributed by atoms with van der Waals surface area (Å²) in [7, 11) is 0.